The van der Waals surface area contributed by atoms with E-state index in [4.69, 9.17) is 16.3 Å². The molecule has 20 heavy (non-hydrogen) atoms. The lowest BCUT2D eigenvalue weighted by Gasteiger charge is -2.33. The first kappa shape index (κ1) is 13.3. The van der Waals surface area contributed by atoms with Gasteiger partial charge < -0.3 is 14.5 Å². The third-order valence-corrected chi connectivity index (χ3v) is 3.70. The van der Waals surface area contributed by atoms with Crippen molar-refractivity contribution in [1.82, 2.24) is 19.9 Å². The molecule has 0 radical (unpaired) electrons. The van der Waals surface area contributed by atoms with Crippen LogP contribution < -0.4 is 9.64 Å². The molecule has 0 bridgehead atoms. The largest absolute Gasteiger partial charge is 0.467 e. The number of hydrogen-bond donors (Lipinski definition) is 0. The molecule has 2 aromatic rings. The van der Waals surface area contributed by atoms with Crippen molar-refractivity contribution >= 4 is 28.3 Å². The van der Waals surface area contributed by atoms with Crippen LogP contribution in [-0.4, -0.2) is 60.2 Å². The van der Waals surface area contributed by atoms with E-state index in [1.54, 1.807) is 19.4 Å². The molecule has 0 atom stereocenters. The summed E-state index contributed by atoms with van der Waals surface area (Å²) in [6, 6.07) is 2.09. The smallest absolute Gasteiger partial charge is 0.318 e. The van der Waals surface area contributed by atoms with Gasteiger partial charge in [-0.05, 0) is 7.05 Å². The van der Waals surface area contributed by atoms with Crippen molar-refractivity contribution in [1.29, 1.82) is 0 Å². The maximum absolute atomic E-state index is 5.94. The molecule has 1 saturated heterocycles. The molecule has 0 N–H and O–H groups in total. The summed E-state index contributed by atoms with van der Waals surface area (Å²) in [7, 11) is 3.69. The van der Waals surface area contributed by atoms with Crippen molar-refractivity contribution in [2.75, 3.05) is 45.2 Å². The first-order valence-corrected chi connectivity index (χ1v) is 6.86. The van der Waals surface area contributed by atoms with Gasteiger partial charge in [-0.3, -0.25) is 0 Å². The predicted octanol–water partition coefficient (Wildman–Crippen LogP) is 1.44. The van der Waals surface area contributed by atoms with Gasteiger partial charge in [0.15, 0.2) is 0 Å². The highest BCUT2D eigenvalue weighted by Gasteiger charge is 2.19. The van der Waals surface area contributed by atoms with Crippen molar-refractivity contribution in [3.05, 3.63) is 17.4 Å². The Balaban J connectivity index is 2.08. The summed E-state index contributed by atoms with van der Waals surface area (Å²) in [4.78, 5) is 17.5. The van der Waals surface area contributed by atoms with Crippen molar-refractivity contribution in [3.8, 4) is 6.01 Å². The first-order chi connectivity index (χ1) is 9.67. The van der Waals surface area contributed by atoms with Crippen LogP contribution in [0, 0.1) is 0 Å². The van der Waals surface area contributed by atoms with E-state index in [0.717, 1.165) is 42.9 Å². The summed E-state index contributed by atoms with van der Waals surface area (Å²) in [6.45, 7) is 3.87. The van der Waals surface area contributed by atoms with Crippen LogP contribution in [0.3, 0.4) is 0 Å². The van der Waals surface area contributed by atoms with Crippen molar-refractivity contribution in [2.45, 2.75) is 0 Å². The summed E-state index contributed by atoms with van der Waals surface area (Å²) in [5.41, 5.74) is 0.755. The summed E-state index contributed by atoms with van der Waals surface area (Å²) in [5.74, 6) is 0.865. The summed E-state index contributed by atoms with van der Waals surface area (Å²) in [6.07, 6.45) is 1.73. The minimum atomic E-state index is 0.355. The molecule has 0 saturated carbocycles. The monoisotopic (exact) mass is 293 g/mol. The van der Waals surface area contributed by atoms with Crippen LogP contribution in [0.25, 0.3) is 10.9 Å². The zero-order chi connectivity index (χ0) is 14.1. The molecular formula is C13H16ClN5O. The number of methoxy groups -OCH3 is 1. The van der Waals surface area contributed by atoms with Gasteiger partial charge in [0.25, 0.3) is 0 Å². The Bertz CT molecular complexity index is 627. The Morgan fingerprint density at radius 1 is 1.20 bits per heavy atom. The van der Waals surface area contributed by atoms with Crippen molar-refractivity contribution in [2.24, 2.45) is 0 Å². The van der Waals surface area contributed by atoms with Crippen LogP contribution in [0.1, 0.15) is 0 Å². The number of ether oxygens (including phenoxy) is 1. The van der Waals surface area contributed by atoms with Gasteiger partial charge in [-0.1, -0.05) is 11.6 Å². The Hall–Kier alpha value is -1.66. The second kappa shape index (κ2) is 5.38. The number of fused-ring (bicyclic) bond motifs is 1. The fourth-order valence-electron chi connectivity index (χ4n) is 2.31. The van der Waals surface area contributed by atoms with Crippen LogP contribution in [0.15, 0.2) is 12.3 Å². The third-order valence-electron chi connectivity index (χ3n) is 3.49. The van der Waals surface area contributed by atoms with Crippen LogP contribution >= 0.6 is 11.6 Å². The molecule has 6 nitrogen and oxygen atoms in total. The van der Waals surface area contributed by atoms with E-state index in [1.807, 2.05) is 0 Å². The molecular weight excluding hydrogens is 278 g/mol. The lowest BCUT2D eigenvalue weighted by molar-refractivity contribution is 0.311. The van der Waals surface area contributed by atoms with E-state index in [0.29, 0.717) is 11.2 Å². The standard InChI is InChI=1S/C13H16ClN5O/c1-18-3-5-19(6-4-18)12-9-8-15-11(14)7-10(9)16-13(17-12)20-2/h7-8H,3-6H2,1-2H3. The maximum Gasteiger partial charge on any atom is 0.318 e. The second-order valence-electron chi connectivity index (χ2n) is 4.85. The number of likely N-dealkylation sites (N-methyl/N-ethyl adjacent to an activating group) is 1. The maximum atomic E-state index is 5.94. The van der Waals surface area contributed by atoms with Crippen LogP contribution in [0.5, 0.6) is 6.01 Å². The van der Waals surface area contributed by atoms with Gasteiger partial charge in [-0.25, -0.2) is 4.98 Å². The SMILES string of the molecule is COc1nc(N2CCN(C)CC2)c2cnc(Cl)cc2n1. The first-order valence-electron chi connectivity index (χ1n) is 6.48. The van der Waals surface area contributed by atoms with Gasteiger partial charge in [-0.15, -0.1) is 0 Å². The normalized spacial score (nSPS) is 16.6. The number of hydrogen-bond acceptors (Lipinski definition) is 6. The number of anilines is 1. The zero-order valence-electron chi connectivity index (χ0n) is 11.5. The predicted molar refractivity (Wildman–Crippen MR) is 78.6 cm³/mol. The van der Waals surface area contributed by atoms with Gasteiger partial charge in [-0.2, -0.15) is 9.97 Å². The van der Waals surface area contributed by atoms with Gasteiger partial charge in [0, 0.05) is 38.4 Å². The quantitative estimate of drug-likeness (QED) is 0.781. The molecule has 0 unspecified atom stereocenters. The molecule has 0 spiro atoms. The Labute approximate surface area is 122 Å². The number of aromatic nitrogens is 3. The molecule has 7 heteroatoms. The number of rotatable bonds is 2. The van der Waals surface area contributed by atoms with Crippen LogP contribution in [0.4, 0.5) is 5.82 Å². The second-order valence-corrected chi connectivity index (χ2v) is 5.24. The summed E-state index contributed by atoms with van der Waals surface area (Å²) < 4.78 is 5.19. The number of halogens is 1. The van der Waals surface area contributed by atoms with E-state index in [1.165, 1.54) is 0 Å². The molecule has 2 aromatic heterocycles. The van der Waals surface area contributed by atoms with Gasteiger partial charge in [0.05, 0.1) is 18.0 Å². The number of nitrogens with zero attached hydrogens (tertiary/aromatic N) is 5. The molecule has 3 heterocycles. The summed E-state index contributed by atoms with van der Waals surface area (Å²) >= 11 is 5.94. The molecule has 1 fully saturated rings. The lowest BCUT2D eigenvalue weighted by Crippen LogP contribution is -2.45. The minimum absolute atomic E-state index is 0.355. The van der Waals surface area contributed by atoms with Crippen LogP contribution in [0.2, 0.25) is 5.15 Å². The van der Waals surface area contributed by atoms with E-state index >= 15 is 0 Å². The molecule has 1 aliphatic rings. The highest BCUT2D eigenvalue weighted by atomic mass is 35.5. The van der Waals surface area contributed by atoms with Gasteiger partial charge in [0.2, 0.25) is 0 Å². The van der Waals surface area contributed by atoms with Crippen LogP contribution in [-0.2, 0) is 0 Å². The third kappa shape index (κ3) is 2.48. The Morgan fingerprint density at radius 3 is 2.65 bits per heavy atom. The molecule has 0 aromatic carbocycles. The molecule has 3 rings (SSSR count). The van der Waals surface area contributed by atoms with E-state index in [9.17, 15) is 0 Å². The minimum Gasteiger partial charge on any atom is -0.467 e. The highest BCUT2D eigenvalue weighted by molar-refractivity contribution is 6.30. The lowest BCUT2D eigenvalue weighted by atomic mass is 10.2. The van der Waals surface area contributed by atoms with E-state index in [2.05, 4.69) is 31.8 Å². The Kier molecular flexibility index (Phi) is 3.58. The number of piperazine rings is 1. The molecule has 0 aliphatic carbocycles. The highest BCUT2D eigenvalue weighted by Crippen LogP contribution is 2.27. The van der Waals surface area contributed by atoms with Gasteiger partial charge in [0.1, 0.15) is 11.0 Å². The molecule has 0 amide bonds. The zero-order valence-corrected chi connectivity index (χ0v) is 12.3. The Morgan fingerprint density at radius 2 is 1.95 bits per heavy atom. The molecule has 106 valence electrons. The fourth-order valence-corrected chi connectivity index (χ4v) is 2.47. The average Bonchev–Trinajstić information content (AvgIpc) is 2.46. The summed E-state index contributed by atoms with van der Waals surface area (Å²) in [5, 5.41) is 1.32. The van der Waals surface area contributed by atoms with Crippen molar-refractivity contribution < 1.29 is 4.74 Å². The average molecular weight is 294 g/mol. The van der Waals surface area contributed by atoms with Gasteiger partial charge >= 0.3 is 6.01 Å². The number of pyridine rings is 1. The van der Waals surface area contributed by atoms with E-state index < -0.39 is 0 Å². The van der Waals surface area contributed by atoms with E-state index in [-0.39, 0.29) is 0 Å². The molecule has 1 aliphatic heterocycles. The van der Waals surface area contributed by atoms with Crippen molar-refractivity contribution in [3.63, 3.8) is 0 Å². The fraction of sp³-hybridized carbons (Fsp3) is 0.462. The topological polar surface area (TPSA) is 54.4 Å².